The summed E-state index contributed by atoms with van der Waals surface area (Å²) in [6.07, 6.45) is 3.95. The van der Waals surface area contributed by atoms with Crippen molar-refractivity contribution < 1.29 is 4.74 Å². The normalized spacial score (nSPS) is 42.5. The molecule has 0 radical (unpaired) electrons. The summed E-state index contributed by atoms with van der Waals surface area (Å²) in [5.41, 5.74) is 5.79. The van der Waals surface area contributed by atoms with E-state index in [1.54, 1.807) is 0 Å². The van der Waals surface area contributed by atoms with Gasteiger partial charge in [-0.15, -0.1) is 0 Å². The summed E-state index contributed by atoms with van der Waals surface area (Å²) in [6, 6.07) is 1.21. The molecule has 0 amide bonds. The maximum absolute atomic E-state index is 5.79. The first-order chi connectivity index (χ1) is 6.25. The highest BCUT2D eigenvalue weighted by Crippen LogP contribution is 2.25. The molecular weight excluding hydrogens is 164 g/mol. The number of ether oxygens (including phenoxy) is 1. The smallest absolute Gasteiger partial charge is 0.0674 e. The van der Waals surface area contributed by atoms with Crippen molar-refractivity contribution in [3.05, 3.63) is 0 Å². The average molecular weight is 184 g/mol. The fourth-order valence-electron chi connectivity index (χ4n) is 2.29. The van der Waals surface area contributed by atoms with Crippen molar-refractivity contribution in [2.24, 2.45) is 5.73 Å². The maximum Gasteiger partial charge on any atom is 0.0674 e. The first kappa shape index (κ1) is 9.44. The standard InChI is InChI=1S/C10H20N2O/c1-8-7-12(3-2-4-13-8)10-5-9(11)6-10/h8-10H,2-7,11H2,1H3. The lowest BCUT2D eigenvalue weighted by Crippen LogP contribution is -2.52. The van der Waals surface area contributed by atoms with E-state index in [-0.39, 0.29) is 0 Å². The molecule has 76 valence electrons. The van der Waals surface area contributed by atoms with Crippen LogP contribution >= 0.6 is 0 Å². The van der Waals surface area contributed by atoms with Crippen molar-refractivity contribution in [2.45, 2.75) is 44.4 Å². The van der Waals surface area contributed by atoms with Gasteiger partial charge in [-0.25, -0.2) is 0 Å². The molecule has 1 unspecified atom stereocenters. The van der Waals surface area contributed by atoms with E-state index in [1.165, 1.54) is 25.8 Å². The predicted molar refractivity (Wildman–Crippen MR) is 52.6 cm³/mol. The third-order valence-corrected chi connectivity index (χ3v) is 3.15. The van der Waals surface area contributed by atoms with Gasteiger partial charge in [-0.3, -0.25) is 4.90 Å². The summed E-state index contributed by atoms with van der Waals surface area (Å²) >= 11 is 0. The molecule has 1 aliphatic heterocycles. The number of hydrogen-bond donors (Lipinski definition) is 1. The number of hydrogen-bond acceptors (Lipinski definition) is 3. The zero-order chi connectivity index (χ0) is 9.26. The molecule has 0 aromatic heterocycles. The van der Waals surface area contributed by atoms with E-state index in [1.807, 2.05) is 0 Å². The van der Waals surface area contributed by atoms with E-state index in [4.69, 9.17) is 10.5 Å². The van der Waals surface area contributed by atoms with Gasteiger partial charge in [0.15, 0.2) is 0 Å². The van der Waals surface area contributed by atoms with Gasteiger partial charge in [-0.2, -0.15) is 0 Å². The van der Waals surface area contributed by atoms with Crippen molar-refractivity contribution in [3.63, 3.8) is 0 Å². The van der Waals surface area contributed by atoms with E-state index in [2.05, 4.69) is 11.8 Å². The van der Waals surface area contributed by atoms with Gasteiger partial charge in [0.1, 0.15) is 0 Å². The molecule has 1 saturated carbocycles. The molecule has 2 N–H and O–H groups in total. The van der Waals surface area contributed by atoms with Gasteiger partial charge in [0.05, 0.1) is 6.10 Å². The molecule has 0 spiro atoms. The van der Waals surface area contributed by atoms with Crippen LogP contribution < -0.4 is 5.73 Å². The van der Waals surface area contributed by atoms with E-state index in [0.29, 0.717) is 12.1 Å². The number of nitrogens with zero attached hydrogens (tertiary/aromatic N) is 1. The Labute approximate surface area is 80.2 Å². The zero-order valence-corrected chi connectivity index (χ0v) is 8.41. The van der Waals surface area contributed by atoms with Crippen LogP contribution in [0.25, 0.3) is 0 Å². The Bertz CT molecular complexity index is 168. The second-order valence-electron chi connectivity index (χ2n) is 4.42. The fourth-order valence-corrected chi connectivity index (χ4v) is 2.29. The van der Waals surface area contributed by atoms with Crippen LogP contribution in [-0.4, -0.2) is 42.8 Å². The Balaban J connectivity index is 1.83. The molecule has 2 rings (SSSR count). The minimum atomic E-state index is 0.402. The van der Waals surface area contributed by atoms with Crippen LogP contribution in [-0.2, 0) is 4.74 Å². The Kier molecular flexibility index (Phi) is 2.86. The van der Waals surface area contributed by atoms with Crippen molar-refractivity contribution in [2.75, 3.05) is 19.7 Å². The van der Waals surface area contributed by atoms with Gasteiger partial charge in [-0.05, 0) is 26.2 Å². The van der Waals surface area contributed by atoms with Crippen molar-refractivity contribution in [1.29, 1.82) is 0 Å². The highest BCUT2D eigenvalue weighted by Gasteiger charge is 2.32. The summed E-state index contributed by atoms with van der Waals surface area (Å²) in [7, 11) is 0. The van der Waals surface area contributed by atoms with Gasteiger partial charge in [0.2, 0.25) is 0 Å². The van der Waals surface area contributed by atoms with Crippen LogP contribution in [0, 0.1) is 0 Å². The van der Waals surface area contributed by atoms with Crippen molar-refractivity contribution in [3.8, 4) is 0 Å². The zero-order valence-electron chi connectivity index (χ0n) is 8.41. The fraction of sp³-hybridized carbons (Fsp3) is 1.00. The molecule has 0 bridgehead atoms. The maximum atomic E-state index is 5.79. The summed E-state index contributed by atoms with van der Waals surface area (Å²) in [4.78, 5) is 2.56. The lowest BCUT2D eigenvalue weighted by atomic mass is 9.86. The van der Waals surface area contributed by atoms with Crippen LogP contribution in [0.1, 0.15) is 26.2 Å². The Morgan fingerprint density at radius 1 is 1.38 bits per heavy atom. The van der Waals surface area contributed by atoms with Crippen LogP contribution in [0.5, 0.6) is 0 Å². The molecular formula is C10H20N2O. The molecule has 1 heterocycles. The quantitative estimate of drug-likeness (QED) is 0.648. The second kappa shape index (κ2) is 3.95. The second-order valence-corrected chi connectivity index (χ2v) is 4.42. The average Bonchev–Trinajstić information content (AvgIpc) is 2.24. The first-order valence-electron chi connectivity index (χ1n) is 5.37. The predicted octanol–water partition coefficient (Wildman–Crippen LogP) is 0.587. The Morgan fingerprint density at radius 3 is 2.85 bits per heavy atom. The molecule has 2 fully saturated rings. The molecule has 13 heavy (non-hydrogen) atoms. The third-order valence-electron chi connectivity index (χ3n) is 3.15. The van der Waals surface area contributed by atoms with E-state index in [0.717, 1.165) is 19.2 Å². The number of rotatable bonds is 1. The molecule has 2 aliphatic rings. The van der Waals surface area contributed by atoms with Crippen LogP contribution in [0.4, 0.5) is 0 Å². The Morgan fingerprint density at radius 2 is 2.15 bits per heavy atom. The lowest BCUT2D eigenvalue weighted by molar-refractivity contribution is 0.0462. The highest BCUT2D eigenvalue weighted by molar-refractivity contribution is 4.90. The van der Waals surface area contributed by atoms with Gasteiger partial charge < -0.3 is 10.5 Å². The summed E-state index contributed by atoms with van der Waals surface area (Å²) < 4.78 is 5.61. The molecule has 1 saturated heterocycles. The minimum Gasteiger partial charge on any atom is -0.377 e. The van der Waals surface area contributed by atoms with Crippen LogP contribution in [0.3, 0.4) is 0 Å². The Hall–Kier alpha value is -0.120. The van der Waals surface area contributed by atoms with Crippen molar-refractivity contribution in [1.82, 2.24) is 4.90 Å². The first-order valence-corrected chi connectivity index (χ1v) is 5.37. The van der Waals surface area contributed by atoms with E-state index < -0.39 is 0 Å². The van der Waals surface area contributed by atoms with E-state index in [9.17, 15) is 0 Å². The minimum absolute atomic E-state index is 0.402. The van der Waals surface area contributed by atoms with E-state index >= 15 is 0 Å². The highest BCUT2D eigenvalue weighted by atomic mass is 16.5. The topological polar surface area (TPSA) is 38.5 Å². The molecule has 0 aromatic carbocycles. The SMILES string of the molecule is CC1CN(C2CC(N)C2)CCCO1. The molecule has 1 atom stereocenters. The largest absolute Gasteiger partial charge is 0.377 e. The monoisotopic (exact) mass is 184 g/mol. The van der Waals surface area contributed by atoms with Gasteiger partial charge in [-0.1, -0.05) is 0 Å². The lowest BCUT2D eigenvalue weighted by Gasteiger charge is -2.41. The third kappa shape index (κ3) is 2.22. The molecule has 3 nitrogen and oxygen atoms in total. The van der Waals surface area contributed by atoms with Crippen LogP contribution in [0.15, 0.2) is 0 Å². The van der Waals surface area contributed by atoms with Crippen LogP contribution in [0.2, 0.25) is 0 Å². The van der Waals surface area contributed by atoms with Gasteiger partial charge in [0, 0.05) is 31.8 Å². The molecule has 1 aliphatic carbocycles. The summed E-state index contributed by atoms with van der Waals surface area (Å²) in [6.45, 7) is 5.38. The van der Waals surface area contributed by atoms with Gasteiger partial charge in [0.25, 0.3) is 0 Å². The summed E-state index contributed by atoms with van der Waals surface area (Å²) in [5.74, 6) is 0. The summed E-state index contributed by atoms with van der Waals surface area (Å²) in [5, 5.41) is 0. The van der Waals surface area contributed by atoms with Crippen molar-refractivity contribution >= 4 is 0 Å². The molecule has 0 aromatic rings. The molecule has 3 heteroatoms. The van der Waals surface area contributed by atoms with Gasteiger partial charge >= 0.3 is 0 Å². The number of nitrogens with two attached hydrogens (primary N) is 1.